The van der Waals surface area contributed by atoms with Crippen molar-refractivity contribution in [1.29, 1.82) is 0 Å². The molecule has 1 aromatic carbocycles. The number of fused-ring (bicyclic) bond motifs is 2. The predicted octanol–water partition coefficient (Wildman–Crippen LogP) is 2.50. The van der Waals surface area contributed by atoms with E-state index in [-0.39, 0.29) is 29.5 Å². The predicted molar refractivity (Wildman–Crippen MR) is 113 cm³/mol. The number of aryl methyl sites for hydroxylation is 1. The number of carbonyl (C=O) groups excluding carboxylic acids is 2. The highest BCUT2D eigenvalue weighted by molar-refractivity contribution is 5.99. The van der Waals surface area contributed by atoms with Gasteiger partial charge in [0.1, 0.15) is 5.82 Å². The first-order valence-corrected chi connectivity index (χ1v) is 10.3. The fourth-order valence-electron chi connectivity index (χ4n) is 3.69. The molecule has 2 aromatic rings. The molecule has 0 fully saturated rings. The third kappa shape index (κ3) is 5.02. The molecule has 0 bridgehead atoms. The second-order valence-corrected chi connectivity index (χ2v) is 8.84. The minimum absolute atomic E-state index is 0.0333. The number of hydrogen-bond acceptors (Lipinski definition) is 4. The van der Waals surface area contributed by atoms with Crippen molar-refractivity contribution in [1.82, 2.24) is 19.8 Å². The largest absolute Gasteiger partial charge is 0.350 e. The van der Waals surface area contributed by atoms with Crippen LogP contribution in [-0.2, 0) is 17.8 Å². The number of amides is 2. The molecule has 29 heavy (non-hydrogen) atoms. The first-order valence-electron chi connectivity index (χ1n) is 10.3. The summed E-state index contributed by atoms with van der Waals surface area (Å²) in [7, 11) is 1.59. The van der Waals surface area contributed by atoms with E-state index in [1.165, 1.54) is 4.90 Å². The highest BCUT2D eigenvalue weighted by Crippen LogP contribution is 2.17. The number of aromatic nitrogens is 2. The highest BCUT2D eigenvalue weighted by atomic mass is 16.2. The van der Waals surface area contributed by atoms with Gasteiger partial charge in [0.15, 0.2) is 0 Å². The lowest BCUT2D eigenvalue weighted by Crippen LogP contribution is -2.46. The van der Waals surface area contributed by atoms with Gasteiger partial charge < -0.3 is 10.2 Å². The highest BCUT2D eigenvalue weighted by Gasteiger charge is 2.20. The van der Waals surface area contributed by atoms with E-state index in [9.17, 15) is 14.4 Å². The molecule has 0 atom stereocenters. The Morgan fingerprint density at radius 1 is 1.17 bits per heavy atom. The average Bonchev–Trinajstić information content (AvgIpc) is 2.60. The molecule has 0 saturated heterocycles. The van der Waals surface area contributed by atoms with Crippen molar-refractivity contribution >= 4 is 22.7 Å². The summed E-state index contributed by atoms with van der Waals surface area (Å²) in [6.07, 6.45) is 5.05. The van der Waals surface area contributed by atoms with Gasteiger partial charge in [-0.15, -0.1) is 0 Å². The summed E-state index contributed by atoms with van der Waals surface area (Å²) in [6.45, 7) is 6.35. The van der Waals surface area contributed by atoms with Gasteiger partial charge >= 0.3 is 0 Å². The summed E-state index contributed by atoms with van der Waals surface area (Å²) in [4.78, 5) is 43.9. The average molecular weight is 399 g/mol. The van der Waals surface area contributed by atoms with E-state index in [1.54, 1.807) is 29.8 Å². The van der Waals surface area contributed by atoms with Crippen LogP contribution in [0.25, 0.3) is 10.9 Å². The van der Waals surface area contributed by atoms with E-state index in [0.29, 0.717) is 23.0 Å². The fourth-order valence-corrected chi connectivity index (χ4v) is 3.69. The number of likely N-dealkylation sites (N-methyl/N-ethyl adjacent to an activating group) is 1. The summed E-state index contributed by atoms with van der Waals surface area (Å²) >= 11 is 0. The molecule has 1 aromatic heterocycles. The Morgan fingerprint density at radius 2 is 1.90 bits per heavy atom. The van der Waals surface area contributed by atoms with Gasteiger partial charge in [0, 0.05) is 31.1 Å². The molecule has 1 aliphatic rings. The number of nitrogens with zero attached hydrogens (tertiary/aromatic N) is 3. The van der Waals surface area contributed by atoms with Gasteiger partial charge in [0.05, 0.1) is 17.4 Å². The fraction of sp³-hybridized carbons (Fsp3) is 0.545. The number of nitrogens with one attached hydrogen (secondary N) is 1. The zero-order valence-electron chi connectivity index (χ0n) is 17.7. The van der Waals surface area contributed by atoms with E-state index in [4.69, 9.17) is 4.98 Å². The van der Waals surface area contributed by atoms with Crippen LogP contribution in [0, 0.1) is 0 Å². The summed E-state index contributed by atoms with van der Waals surface area (Å²) < 4.78 is 1.78. The van der Waals surface area contributed by atoms with E-state index >= 15 is 0 Å². The SMILES string of the molecule is CN(CC(=O)NC(C)(C)C)C(=O)c1ccc2c(=O)n3c(nc2c1)CCCCCC3. The minimum Gasteiger partial charge on any atom is -0.350 e. The second kappa shape index (κ2) is 8.35. The minimum atomic E-state index is -0.354. The Hall–Kier alpha value is -2.70. The Balaban J connectivity index is 1.87. The Morgan fingerprint density at radius 3 is 2.62 bits per heavy atom. The molecule has 0 saturated carbocycles. The van der Waals surface area contributed by atoms with Crippen molar-refractivity contribution in [3.63, 3.8) is 0 Å². The van der Waals surface area contributed by atoms with E-state index in [2.05, 4.69) is 5.32 Å². The maximum Gasteiger partial charge on any atom is 0.261 e. The maximum absolute atomic E-state index is 12.9. The van der Waals surface area contributed by atoms with Gasteiger partial charge in [-0.25, -0.2) is 4.98 Å². The summed E-state index contributed by atoms with van der Waals surface area (Å²) in [5.74, 6) is 0.307. The maximum atomic E-state index is 12.9. The monoisotopic (exact) mass is 398 g/mol. The Labute approximate surface area is 171 Å². The zero-order valence-corrected chi connectivity index (χ0v) is 17.7. The van der Waals surface area contributed by atoms with Gasteiger partial charge in [0.25, 0.3) is 11.5 Å². The lowest BCUT2D eigenvalue weighted by atomic mass is 10.1. The molecule has 156 valence electrons. The van der Waals surface area contributed by atoms with Crippen LogP contribution in [-0.4, -0.2) is 45.4 Å². The van der Waals surface area contributed by atoms with Gasteiger partial charge in [0.2, 0.25) is 5.91 Å². The van der Waals surface area contributed by atoms with E-state index < -0.39 is 0 Å². The smallest absolute Gasteiger partial charge is 0.261 e. The molecule has 0 spiro atoms. The normalized spacial score (nSPS) is 14.6. The van der Waals surface area contributed by atoms with Crippen LogP contribution >= 0.6 is 0 Å². The van der Waals surface area contributed by atoms with Crippen LogP contribution in [0.1, 0.15) is 62.6 Å². The molecule has 0 unspecified atom stereocenters. The third-order valence-electron chi connectivity index (χ3n) is 5.06. The van der Waals surface area contributed by atoms with E-state index in [1.807, 2.05) is 20.8 Å². The van der Waals surface area contributed by atoms with E-state index in [0.717, 1.165) is 37.9 Å². The molecule has 7 heteroatoms. The molecule has 2 amide bonds. The third-order valence-corrected chi connectivity index (χ3v) is 5.06. The molecular formula is C22H30N4O3. The number of benzene rings is 1. The van der Waals surface area contributed by atoms with Gasteiger partial charge in [-0.3, -0.25) is 19.0 Å². The van der Waals surface area contributed by atoms with Crippen molar-refractivity contribution in [2.75, 3.05) is 13.6 Å². The van der Waals surface area contributed by atoms with Crippen molar-refractivity contribution in [2.45, 2.75) is 65.0 Å². The molecule has 2 heterocycles. The summed E-state index contributed by atoms with van der Waals surface area (Å²) in [6, 6.07) is 4.98. The van der Waals surface area contributed by atoms with Gasteiger partial charge in [-0.1, -0.05) is 12.8 Å². The van der Waals surface area contributed by atoms with Crippen LogP contribution in [0.3, 0.4) is 0 Å². The first kappa shape index (κ1) is 21.0. The van der Waals surface area contributed by atoms with Crippen LogP contribution in [0.15, 0.2) is 23.0 Å². The van der Waals surface area contributed by atoms with Crippen LogP contribution < -0.4 is 10.9 Å². The topological polar surface area (TPSA) is 84.3 Å². The molecule has 0 aliphatic carbocycles. The van der Waals surface area contributed by atoms with Crippen molar-refractivity contribution in [3.8, 4) is 0 Å². The second-order valence-electron chi connectivity index (χ2n) is 8.84. The van der Waals surface area contributed by atoms with Crippen molar-refractivity contribution in [3.05, 3.63) is 39.9 Å². The number of carbonyl (C=O) groups is 2. The number of rotatable bonds is 3. The molecule has 1 aliphatic heterocycles. The van der Waals surface area contributed by atoms with Crippen LogP contribution in [0.5, 0.6) is 0 Å². The quantitative estimate of drug-likeness (QED) is 0.861. The standard InChI is InChI=1S/C22H30N4O3/c1-22(2,3)24-19(27)14-25(4)20(28)15-10-11-16-17(13-15)23-18-9-7-5-6-8-12-26(18)21(16)29/h10-11,13H,5-9,12,14H2,1-4H3,(H,24,27). The summed E-state index contributed by atoms with van der Waals surface area (Å²) in [5, 5.41) is 3.38. The first-order chi connectivity index (χ1) is 13.7. The summed E-state index contributed by atoms with van der Waals surface area (Å²) in [5.41, 5.74) is 0.572. The lowest BCUT2D eigenvalue weighted by molar-refractivity contribution is -0.122. The van der Waals surface area contributed by atoms with Gasteiger partial charge in [-0.2, -0.15) is 0 Å². The lowest BCUT2D eigenvalue weighted by Gasteiger charge is -2.23. The number of hydrogen-bond donors (Lipinski definition) is 1. The van der Waals surface area contributed by atoms with Crippen LogP contribution in [0.4, 0.5) is 0 Å². The molecule has 7 nitrogen and oxygen atoms in total. The molecular weight excluding hydrogens is 368 g/mol. The van der Waals surface area contributed by atoms with Gasteiger partial charge in [-0.05, 0) is 51.8 Å². The van der Waals surface area contributed by atoms with Crippen LogP contribution in [0.2, 0.25) is 0 Å². The molecule has 0 radical (unpaired) electrons. The Bertz CT molecular complexity index is 988. The molecule has 1 N–H and O–H groups in total. The van der Waals surface area contributed by atoms with Crippen molar-refractivity contribution < 1.29 is 9.59 Å². The molecule has 3 rings (SSSR count). The Kier molecular flexibility index (Phi) is 6.05. The zero-order chi connectivity index (χ0) is 21.2. The van der Waals surface area contributed by atoms with Crippen molar-refractivity contribution in [2.24, 2.45) is 0 Å².